The van der Waals surface area contributed by atoms with Gasteiger partial charge in [-0.15, -0.1) is 0 Å². The third-order valence-corrected chi connectivity index (χ3v) is 1.56. The lowest BCUT2D eigenvalue weighted by Gasteiger charge is -2.09. The first-order valence-corrected chi connectivity index (χ1v) is 3.47. The van der Waals surface area contributed by atoms with Crippen LogP contribution in [0.15, 0.2) is 12.2 Å². The molecule has 1 amide bonds. The quantitative estimate of drug-likeness (QED) is 0.521. The van der Waals surface area contributed by atoms with Crippen LogP contribution in [0, 0.1) is 0 Å². The number of nitrogens with two attached hydrogens (primary N) is 1. The second-order valence-corrected chi connectivity index (χ2v) is 2.41. The highest BCUT2D eigenvalue weighted by Gasteiger charge is 2.10. The molecule has 0 heterocycles. The second kappa shape index (κ2) is 3.37. The smallest absolute Gasteiger partial charge is 0.233 e. The summed E-state index contributed by atoms with van der Waals surface area (Å²) in [4.78, 5) is 10.7. The minimum absolute atomic E-state index is 0.0614. The Balaban J connectivity index is 2.19. The molecular weight excluding hydrogens is 128 g/mol. The van der Waals surface area contributed by atoms with Crippen molar-refractivity contribution in [3.8, 4) is 0 Å². The van der Waals surface area contributed by atoms with Crippen LogP contribution in [0.1, 0.15) is 12.8 Å². The van der Waals surface area contributed by atoms with Gasteiger partial charge >= 0.3 is 0 Å². The van der Waals surface area contributed by atoms with Crippen LogP contribution in [0.3, 0.4) is 0 Å². The Bertz CT molecular complexity index is 146. The number of carbonyl (C=O) groups excluding carboxylic acids is 1. The Morgan fingerprint density at radius 2 is 2.20 bits per heavy atom. The van der Waals surface area contributed by atoms with Gasteiger partial charge in [0.05, 0.1) is 6.54 Å². The van der Waals surface area contributed by atoms with E-state index >= 15 is 0 Å². The van der Waals surface area contributed by atoms with Crippen molar-refractivity contribution < 1.29 is 4.79 Å². The molecule has 0 aromatic carbocycles. The zero-order valence-electron chi connectivity index (χ0n) is 5.84. The molecule has 0 saturated carbocycles. The number of nitrogens with one attached hydrogen (secondary N) is 1. The van der Waals surface area contributed by atoms with Gasteiger partial charge in [0.2, 0.25) is 5.91 Å². The van der Waals surface area contributed by atoms with E-state index in [1.54, 1.807) is 0 Å². The molecule has 0 spiro atoms. The van der Waals surface area contributed by atoms with Gasteiger partial charge in [-0.2, -0.15) is 0 Å². The average Bonchev–Trinajstić information content (AvgIpc) is 2.40. The maximum absolute atomic E-state index is 10.7. The molecule has 0 saturated heterocycles. The monoisotopic (exact) mass is 140 g/mol. The van der Waals surface area contributed by atoms with Crippen LogP contribution >= 0.6 is 0 Å². The molecule has 0 atom stereocenters. The standard InChI is InChI=1S/C7H12N2O/c8-5-7(10)9-6-3-1-2-4-6/h1-2,6H,3-5,8H2,(H,9,10). The summed E-state index contributed by atoms with van der Waals surface area (Å²) in [5.41, 5.74) is 5.12. The van der Waals surface area contributed by atoms with Crippen LogP contribution in [0.5, 0.6) is 0 Å². The maximum Gasteiger partial charge on any atom is 0.233 e. The number of hydrogen-bond acceptors (Lipinski definition) is 2. The first-order valence-electron chi connectivity index (χ1n) is 3.47. The molecule has 0 radical (unpaired) electrons. The maximum atomic E-state index is 10.7. The van der Waals surface area contributed by atoms with Crippen molar-refractivity contribution >= 4 is 5.91 Å². The summed E-state index contributed by atoms with van der Waals surface area (Å²) in [6.45, 7) is 0.0938. The van der Waals surface area contributed by atoms with Crippen molar-refractivity contribution in [2.45, 2.75) is 18.9 Å². The van der Waals surface area contributed by atoms with Crippen molar-refractivity contribution in [2.24, 2.45) is 5.73 Å². The van der Waals surface area contributed by atoms with E-state index in [1.807, 2.05) is 0 Å². The molecule has 1 aliphatic rings. The molecular formula is C7H12N2O. The average molecular weight is 140 g/mol. The van der Waals surface area contributed by atoms with Crippen LogP contribution < -0.4 is 11.1 Å². The second-order valence-electron chi connectivity index (χ2n) is 2.41. The molecule has 3 nitrogen and oxygen atoms in total. The summed E-state index contributed by atoms with van der Waals surface area (Å²) in [5, 5.41) is 2.80. The van der Waals surface area contributed by atoms with Crippen LogP contribution in [0.2, 0.25) is 0 Å². The van der Waals surface area contributed by atoms with E-state index < -0.39 is 0 Å². The van der Waals surface area contributed by atoms with Crippen molar-refractivity contribution in [2.75, 3.05) is 6.54 Å². The molecule has 0 aromatic rings. The summed E-state index contributed by atoms with van der Waals surface area (Å²) >= 11 is 0. The number of amides is 1. The van der Waals surface area contributed by atoms with E-state index in [9.17, 15) is 4.79 Å². The number of hydrogen-bond donors (Lipinski definition) is 2. The Morgan fingerprint density at radius 3 is 2.70 bits per heavy atom. The first-order chi connectivity index (χ1) is 4.83. The summed E-state index contributed by atoms with van der Waals surface area (Å²) < 4.78 is 0. The summed E-state index contributed by atoms with van der Waals surface area (Å²) in [5.74, 6) is -0.0614. The fraction of sp³-hybridized carbons (Fsp3) is 0.571. The molecule has 1 rings (SSSR count). The van der Waals surface area contributed by atoms with Crippen LogP contribution in [-0.4, -0.2) is 18.5 Å². The van der Waals surface area contributed by atoms with Gasteiger partial charge in [0, 0.05) is 6.04 Å². The van der Waals surface area contributed by atoms with Crippen molar-refractivity contribution in [1.29, 1.82) is 0 Å². The lowest BCUT2D eigenvalue weighted by Crippen LogP contribution is -2.37. The minimum atomic E-state index is -0.0614. The van der Waals surface area contributed by atoms with Crippen LogP contribution in [-0.2, 0) is 4.79 Å². The zero-order valence-corrected chi connectivity index (χ0v) is 5.84. The molecule has 56 valence electrons. The lowest BCUT2D eigenvalue weighted by molar-refractivity contribution is -0.120. The summed E-state index contributed by atoms with van der Waals surface area (Å²) in [6.07, 6.45) is 6.04. The zero-order chi connectivity index (χ0) is 7.40. The third kappa shape index (κ3) is 1.84. The van der Waals surface area contributed by atoms with E-state index in [-0.39, 0.29) is 12.5 Å². The SMILES string of the molecule is NCC(=O)NC1CC=CC1. The largest absolute Gasteiger partial charge is 0.352 e. The molecule has 0 aromatic heterocycles. The van der Waals surface area contributed by atoms with Crippen LogP contribution in [0.25, 0.3) is 0 Å². The Hall–Kier alpha value is -0.830. The van der Waals surface area contributed by atoms with Gasteiger partial charge in [-0.25, -0.2) is 0 Å². The van der Waals surface area contributed by atoms with Gasteiger partial charge in [0.15, 0.2) is 0 Å². The highest BCUT2D eigenvalue weighted by molar-refractivity contribution is 5.78. The van der Waals surface area contributed by atoms with Crippen molar-refractivity contribution in [3.63, 3.8) is 0 Å². The highest BCUT2D eigenvalue weighted by Crippen LogP contribution is 2.08. The van der Waals surface area contributed by atoms with Gasteiger partial charge in [0.25, 0.3) is 0 Å². The minimum Gasteiger partial charge on any atom is -0.352 e. The van der Waals surface area contributed by atoms with Crippen LogP contribution in [0.4, 0.5) is 0 Å². The first kappa shape index (κ1) is 7.28. The molecule has 0 fully saturated rings. The molecule has 0 unspecified atom stereocenters. The van der Waals surface area contributed by atoms with E-state index in [0.29, 0.717) is 6.04 Å². The van der Waals surface area contributed by atoms with Gasteiger partial charge < -0.3 is 11.1 Å². The fourth-order valence-corrected chi connectivity index (χ4v) is 1.02. The molecule has 0 bridgehead atoms. The van der Waals surface area contributed by atoms with Crippen molar-refractivity contribution in [3.05, 3.63) is 12.2 Å². The summed E-state index contributed by atoms with van der Waals surface area (Å²) in [6, 6.07) is 0.302. The third-order valence-electron chi connectivity index (χ3n) is 1.56. The number of rotatable bonds is 2. The van der Waals surface area contributed by atoms with Crippen molar-refractivity contribution in [1.82, 2.24) is 5.32 Å². The fourth-order valence-electron chi connectivity index (χ4n) is 1.02. The lowest BCUT2D eigenvalue weighted by atomic mass is 10.2. The van der Waals surface area contributed by atoms with E-state index in [2.05, 4.69) is 17.5 Å². The topological polar surface area (TPSA) is 55.1 Å². The predicted molar refractivity (Wildman–Crippen MR) is 39.4 cm³/mol. The van der Waals surface area contributed by atoms with Gasteiger partial charge in [-0.1, -0.05) is 12.2 Å². The molecule has 3 heteroatoms. The Labute approximate surface area is 60.3 Å². The summed E-state index contributed by atoms with van der Waals surface area (Å²) in [7, 11) is 0. The normalized spacial score (nSPS) is 17.7. The van der Waals surface area contributed by atoms with E-state index in [1.165, 1.54) is 0 Å². The van der Waals surface area contributed by atoms with Gasteiger partial charge in [-0.05, 0) is 12.8 Å². The number of carbonyl (C=O) groups is 1. The van der Waals surface area contributed by atoms with E-state index in [0.717, 1.165) is 12.8 Å². The van der Waals surface area contributed by atoms with Gasteiger partial charge in [0.1, 0.15) is 0 Å². The predicted octanol–water partition coefficient (Wildman–Crippen LogP) is -0.220. The highest BCUT2D eigenvalue weighted by atomic mass is 16.1. The Kier molecular flexibility index (Phi) is 2.45. The van der Waals surface area contributed by atoms with E-state index in [4.69, 9.17) is 5.73 Å². The molecule has 3 N–H and O–H groups in total. The Morgan fingerprint density at radius 1 is 1.60 bits per heavy atom. The molecule has 10 heavy (non-hydrogen) atoms. The molecule has 0 aliphatic heterocycles. The van der Waals surface area contributed by atoms with Gasteiger partial charge in [-0.3, -0.25) is 4.79 Å². The molecule has 1 aliphatic carbocycles.